The van der Waals surface area contributed by atoms with Crippen LogP contribution in [0.15, 0.2) is 36.4 Å². The molecule has 40 heavy (non-hydrogen) atoms. The van der Waals surface area contributed by atoms with Gasteiger partial charge in [-0.2, -0.15) is 5.10 Å². The van der Waals surface area contributed by atoms with E-state index in [4.69, 9.17) is 0 Å². The van der Waals surface area contributed by atoms with Crippen LogP contribution in [-0.4, -0.2) is 64.7 Å². The minimum atomic E-state index is -2.52. The third kappa shape index (κ3) is 7.15. The van der Waals surface area contributed by atoms with Crippen molar-refractivity contribution in [3.8, 4) is 0 Å². The molecule has 2 heterocycles. The predicted molar refractivity (Wildman–Crippen MR) is 155 cm³/mol. The number of fused-ring (bicyclic) bond motifs is 2. The lowest BCUT2D eigenvalue weighted by molar-refractivity contribution is -0.145. The van der Waals surface area contributed by atoms with Gasteiger partial charge >= 0.3 is 0 Å². The largest absolute Gasteiger partial charge is 0.355 e. The first-order chi connectivity index (χ1) is 18.7. The van der Waals surface area contributed by atoms with Crippen molar-refractivity contribution in [3.05, 3.63) is 58.8 Å². The molecule has 0 aliphatic carbocycles. The van der Waals surface area contributed by atoms with Crippen LogP contribution < -0.4 is 10.2 Å². The van der Waals surface area contributed by atoms with Crippen LogP contribution in [0.25, 0.3) is 10.9 Å². The molecule has 1 aromatic heterocycles. The van der Waals surface area contributed by atoms with Gasteiger partial charge in [0.15, 0.2) is 0 Å². The van der Waals surface area contributed by atoms with Gasteiger partial charge in [0.05, 0.1) is 18.6 Å². The summed E-state index contributed by atoms with van der Waals surface area (Å²) in [6.07, 6.45) is 0.462. The van der Waals surface area contributed by atoms with Crippen molar-refractivity contribution in [2.75, 3.05) is 31.6 Å². The molecule has 0 bridgehead atoms. The number of aryl methyl sites for hydroxylation is 2. The predicted octanol–water partition coefficient (Wildman–Crippen LogP) is 5.06. The standard InChI is InChI=1S/C29H38F2N6O2.CH4/c1-5-6-9-12-32-28(38)18-35(19-29(39)34(4)36-15-22-10-7-8-11-23(22)16-36)26-14-25-24(13-20(26)2)21(3)37(33-25)17-27(30)31;/h7-8,10-11,13-14,27H,5-6,9,12,15-19H2,1-4H3,(H,32,38);1H4. The molecule has 0 saturated heterocycles. The summed E-state index contributed by atoms with van der Waals surface area (Å²) < 4.78 is 27.5. The molecule has 3 aromatic rings. The molecule has 0 spiro atoms. The molecule has 2 aromatic carbocycles. The van der Waals surface area contributed by atoms with Gasteiger partial charge in [0.25, 0.3) is 12.3 Å². The number of anilines is 1. The molecule has 2 amide bonds. The molecule has 0 fully saturated rings. The summed E-state index contributed by atoms with van der Waals surface area (Å²) in [4.78, 5) is 28.2. The second-order valence-corrected chi connectivity index (χ2v) is 10.2. The zero-order valence-corrected chi connectivity index (χ0v) is 23.2. The van der Waals surface area contributed by atoms with Crippen molar-refractivity contribution in [2.24, 2.45) is 0 Å². The van der Waals surface area contributed by atoms with E-state index in [-0.39, 0.29) is 32.3 Å². The molecule has 4 rings (SSSR count). The number of amides is 2. The van der Waals surface area contributed by atoms with E-state index in [0.29, 0.717) is 36.5 Å². The Morgan fingerprint density at radius 2 is 1.75 bits per heavy atom. The maximum atomic E-state index is 13.5. The van der Waals surface area contributed by atoms with Gasteiger partial charge < -0.3 is 10.2 Å². The van der Waals surface area contributed by atoms with Crippen molar-refractivity contribution in [1.29, 1.82) is 0 Å². The molecule has 0 radical (unpaired) electrons. The van der Waals surface area contributed by atoms with Crippen molar-refractivity contribution in [1.82, 2.24) is 25.1 Å². The minimum absolute atomic E-state index is 0. The monoisotopic (exact) mass is 556 g/mol. The van der Waals surface area contributed by atoms with Gasteiger partial charge in [-0.1, -0.05) is 51.5 Å². The average Bonchev–Trinajstić information content (AvgIpc) is 3.46. The average molecular weight is 557 g/mol. The molecular formula is C30H42F2N6O2. The number of nitrogens with zero attached hydrogens (tertiary/aromatic N) is 5. The summed E-state index contributed by atoms with van der Waals surface area (Å²) >= 11 is 0. The summed E-state index contributed by atoms with van der Waals surface area (Å²) in [6.45, 7) is 7.12. The van der Waals surface area contributed by atoms with E-state index >= 15 is 0 Å². The van der Waals surface area contributed by atoms with Crippen LogP contribution in [0.5, 0.6) is 0 Å². The van der Waals surface area contributed by atoms with Crippen molar-refractivity contribution < 1.29 is 18.4 Å². The fourth-order valence-electron chi connectivity index (χ4n) is 5.06. The molecule has 0 saturated carbocycles. The van der Waals surface area contributed by atoms with E-state index in [1.807, 2.05) is 30.1 Å². The molecule has 1 aliphatic rings. The Hall–Kier alpha value is -3.53. The number of likely N-dealkylation sites (N-methyl/N-ethyl adjacent to an activating group) is 1. The SMILES string of the molecule is C.CCCCCNC(=O)CN(CC(=O)N(C)N1Cc2ccccc2C1)c1cc2nn(CC(F)F)c(C)c2cc1C. The molecule has 218 valence electrons. The Morgan fingerprint density at radius 3 is 2.38 bits per heavy atom. The molecule has 0 atom stereocenters. The highest BCUT2D eigenvalue weighted by Crippen LogP contribution is 2.29. The second kappa shape index (κ2) is 13.7. The quantitative estimate of drug-likeness (QED) is 0.316. The Balaban J connectivity index is 0.00000441. The van der Waals surface area contributed by atoms with Crippen LogP contribution in [0.2, 0.25) is 0 Å². The number of hydrogen-bond acceptors (Lipinski definition) is 5. The topological polar surface area (TPSA) is 73.7 Å². The highest BCUT2D eigenvalue weighted by molar-refractivity contribution is 5.91. The van der Waals surface area contributed by atoms with Crippen LogP contribution in [0.1, 0.15) is 56.0 Å². The number of benzene rings is 2. The number of hydrogen-bond donors (Lipinski definition) is 1. The van der Waals surface area contributed by atoms with Gasteiger partial charge in [-0.25, -0.2) is 13.8 Å². The Kier molecular flexibility index (Phi) is 10.6. The maximum Gasteiger partial charge on any atom is 0.257 e. The van der Waals surface area contributed by atoms with Crippen LogP contribution >= 0.6 is 0 Å². The Morgan fingerprint density at radius 1 is 1.07 bits per heavy atom. The highest BCUT2D eigenvalue weighted by Gasteiger charge is 2.27. The lowest BCUT2D eigenvalue weighted by atomic mass is 10.1. The van der Waals surface area contributed by atoms with Gasteiger partial charge in [0.2, 0.25) is 5.91 Å². The van der Waals surface area contributed by atoms with E-state index in [2.05, 4.69) is 29.5 Å². The second-order valence-electron chi connectivity index (χ2n) is 10.2. The zero-order chi connectivity index (χ0) is 28.1. The first-order valence-electron chi connectivity index (χ1n) is 13.5. The summed E-state index contributed by atoms with van der Waals surface area (Å²) in [7, 11) is 1.75. The number of carbonyl (C=O) groups excluding carboxylic acids is 2. The van der Waals surface area contributed by atoms with Gasteiger partial charge in [-0.05, 0) is 49.1 Å². The third-order valence-electron chi connectivity index (χ3n) is 7.34. The van der Waals surface area contributed by atoms with Crippen molar-refractivity contribution in [2.45, 2.75) is 73.5 Å². The molecule has 0 unspecified atom stereocenters. The third-order valence-corrected chi connectivity index (χ3v) is 7.34. The smallest absolute Gasteiger partial charge is 0.257 e. The van der Waals surface area contributed by atoms with Crippen molar-refractivity contribution in [3.63, 3.8) is 0 Å². The number of aromatic nitrogens is 2. The number of hydrazine groups is 1. The van der Waals surface area contributed by atoms with Gasteiger partial charge in [-0.15, -0.1) is 0 Å². The number of halogens is 2. The molecule has 10 heteroatoms. The first-order valence-corrected chi connectivity index (χ1v) is 13.5. The summed E-state index contributed by atoms with van der Waals surface area (Å²) in [5, 5.41) is 11.7. The molecule has 8 nitrogen and oxygen atoms in total. The number of alkyl halides is 2. The number of unbranched alkanes of at least 4 members (excludes halogenated alkanes) is 2. The van der Waals surface area contributed by atoms with E-state index in [1.165, 1.54) is 15.8 Å². The van der Waals surface area contributed by atoms with Gasteiger partial charge in [0.1, 0.15) is 6.54 Å². The Bertz CT molecular complexity index is 1300. The fourth-order valence-corrected chi connectivity index (χ4v) is 5.06. The fraction of sp³-hybridized carbons (Fsp3) is 0.500. The van der Waals surface area contributed by atoms with Crippen LogP contribution in [0.4, 0.5) is 14.5 Å². The molecule has 1 N–H and O–H groups in total. The van der Waals surface area contributed by atoms with E-state index in [1.54, 1.807) is 29.9 Å². The number of carbonyl (C=O) groups is 2. The number of nitrogens with one attached hydrogen (secondary N) is 1. The highest BCUT2D eigenvalue weighted by atomic mass is 19.3. The van der Waals surface area contributed by atoms with E-state index in [0.717, 1.165) is 30.2 Å². The number of rotatable bonds is 12. The van der Waals surface area contributed by atoms with Crippen LogP contribution in [0.3, 0.4) is 0 Å². The van der Waals surface area contributed by atoms with Crippen LogP contribution in [0, 0.1) is 13.8 Å². The summed E-state index contributed by atoms with van der Waals surface area (Å²) in [6, 6.07) is 11.8. The lowest BCUT2D eigenvalue weighted by Crippen LogP contribution is -2.48. The van der Waals surface area contributed by atoms with Gasteiger partial charge in [-0.3, -0.25) is 19.3 Å². The Labute approximate surface area is 235 Å². The van der Waals surface area contributed by atoms with Crippen molar-refractivity contribution >= 4 is 28.4 Å². The maximum absolute atomic E-state index is 13.5. The molecular weight excluding hydrogens is 514 g/mol. The zero-order valence-electron chi connectivity index (χ0n) is 23.2. The summed E-state index contributed by atoms with van der Waals surface area (Å²) in [5.41, 5.74) is 5.11. The van der Waals surface area contributed by atoms with E-state index in [9.17, 15) is 18.4 Å². The van der Waals surface area contributed by atoms with Crippen LogP contribution in [-0.2, 0) is 29.2 Å². The normalized spacial score (nSPS) is 12.9. The molecule has 1 aliphatic heterocycles. The summed E-state index contributed by atoms with van der Waals surface area (Å²) in [5.74, 6) is -0.325. The van der Waals surface area contributed by atoms with Gasteiger partial charge in [0, 0.05) is 43.4 Å². The van der Waals surface area contributed by atoms with E-state index < -0.39 is 13.0 Å². The lowest BCUT2D eigenvalue weighted by Gasteiger charge is -2.32. The minimum Gasteiger partial charge on any atom is -0.355 e. The first kappa shape index (κ1) is 31.0.